The molecule has 2 rings (SSSR count). The Hall–Kier alpha value is -1.84. The van der Waals surface area contributed by atoms with E-state index in [1.165, 1.54) is 0 Å². The molecule has 1 aromatic heterocycles. The highest BCUT2D eigenvalue weighted by atomic mass is 19.1. The number of anilines is 1. The van der Waals surface area contributed by atoms with Crippen LogP contribution in [0.25, 0.3) is 0 Å². The van der Waals surface area contributed by atoms with Crippen LogP contribution < -0.4 is 5.32 Å². The Balaban J connectivity index is 2.07. The van der Waals surface area contributed by atoms with Crippen LogP contribution in [0, 0.1) is 11.6 Å². The molecule has 1 heterocycles. The molecule has 78 valence electrons. The molecule has 1 aromatic carbocycles. The fourth-order valence-corrected chi connectivity index (χ4v) is 1.30. The number of hydrogen-bond donors (Lipinski definition) is 2. The Labute approximate surface area is 85.9 Å². The van der Waals surface area contributed by atoms with Crippen molar-refractivity contribution in [1.82, 2.24) is 4.98 Å². The number of rotatable bonds is 3. The number of aromatic amines is 1. The Morgan fingerprint density at radius 3 is 2.80 bits per heavy atom. The van der Waals surface area contributed by atoms with Crippen LogP contribution in [0.3, 0.4) is 0 Å². The van der Waals surface area contributed by atoms with Gasteiger partial charge in [0.2, 0.25) is 0 Å². The lowest BCUT2D eigenvalue weighted by Crippen LogP contribution is -2.01. The van der Waals surface area contributed by atoms with Crippen molar-refractivity contribution in [2.24, 2.45) is 0 Å². The zero-order valence-corrected chi connectivity index (χ0v) is 7.93. The molecule has 0 aliphatic rings. The molecule has 0 unspecified atom stereocenters. The van der Waals surface area contributed by atoms with Gasteiger partial charge in [0, 0.05) is 11.9 Å². The van der Waals surface area contributed by atoms with Gasteiger partial charge in [0.1, 0.15) is 11.6 Å². The highest BCUT2D eigenvalue weighted by Crippen LogP contribution is 2.15. The van der Waals surface area contributed by atoms with Crippen molar-refractivity contribution >= 4 is 5.69 Å². The molecule has 0 saturated carbocycles. The van der Waals surface area contributed by atoms with Crippen molar-refractivity contribution in [2.75, 3.05) is 5.32 Å². The predicted octanol–water partition coefficient (Wildman–Crippen LogP) is 2.91. The molecule has 2 aromatic rings. The van der Waals surface area contributed by atoms with Crippen molar-refractivity contribution in [3.05, 3.63) is 53.9 Å². The maximum absolute atomic E-state index is 13.2. The van der Waals surface area contributed by atoms with E-state index in [1.807, 2.05) is 12.1 Å². The van der Waals surface area contributed by atoms with E-state index in [0.717, 1.165) is 23.9 Å². The van der Waals surface area contributed by atoms with E-state index in [4.69, 9.17) is 0 Å². The normalized spacial score (nSPS) is 10.3. The van der Waals surface area contributed by atoms with E-state index < -0.39 is 11.6 Å². The van der Waals surface area contributed by atoms with Gasteiger partial charge in [-0.15, -0.1) is 0 Å². The lowest BCUT2D eigenvalue weighted by molar-refractivity contribution is 0.602. The van der Waals surface area contributed by atoms with E-state index in [2.05, 4.69) is 10.3 Å². The summed E-state index contributed by atoms with van der Waals surface area (Å²) < 4.78 is 26.0. The number of nitrogens with one attached hydrogen (secondary N) is 2. The molecule has 0 aliphatic heterocycles. The standard InChI is InChI=1S/C11H10F2N2/c12-8-3-4-10(13)11(6-8)15-7-9-2-1-5-14-9/h1-6,14-15H,7H2. The first-order valence-electron chi connectivity index (χ1n) is 4.57. The topological polar surface area (TPSA) is 27.8 Å². The van der Waals surface area contributed by atoms with E-state index in [0.29, 0.717) is 6.54 Å². The summed E-state index contributed by atoms with van der Waals surface area (Å²) in [6.45, 7) is 0.438. The van der Waals surface area contributed by atoms with Crippen LogP contribution in [0.15, 0.2) is 36.5 Å². The summed E-state index contributed by atoms with van der Waals surface area (Å²) in [6, 6.07) is 7.04. The van der Waals surface area contributed by atoms with Crippen molar-refractivity contribution in [1.29, 1.82) is 0 Å². The summed E-state index contributed by atoms with van der Waals surface area (Å²) in [5.41, 5.74) is 1.09. The van der Waals surface area contributed by atoms with Gasteiger partial charge in [-0.3, -0.25) is 0 Å². The van der Waals surface area contributed by atoms with Gasteiger partial charge in [0.05, 0.1) is 12.2 Å². The van der Waals surface area contributed by atoms with Crippen molar-refractivity contribution in [2.45, 2.75) is 6.54 Å². The number of aromatic nitrogens is 1. The lowest BCUT2D eigenvalue weighted by atomic mass is 10.3. The van der Waals surface area contributed by atoms with Gasteiger partial charge in [-0.1, -0.05) is 0 Å². The maximum atomic E-state index is 13.2. The van der Waals surface area contributed by atoms with Crippen LogP contribution in [0.2, 0.25) is 0 Å². The Kier molecular flexibility index (Phi) is 2.67. The third-order valence-corrected chi connectivity index (χ3v) is 2.06. The second kappa shape index (κ2) is 4.13. The van der Waals surface area contributed by atoms with E-state index >= 15 is 0 Å². The van der Waals surface area contributed by atoms with Gasteiger partial charge in [0.15, 0.2) is 0 Å². The molecule has 0 bridgehead atoms. The molecule has 0 fully saturated rings. The summed E-state index contributed by atoms with van der Waals surface area (Å²) in [5, 5.41) is 2.81. The minimum absolute atomic E-state index is 0.171. The van der Waals surface area contributed by atoms with Crippen LogP contribution >= 0.6 is 0 Å². The Morgan fingerprint density at radius 2 is 2.07 bits per heavy atom. The number of hydrogen-bond acceptors (Lipinski definition) is 1. The Bertz CT molecular complexity index is 438. The van der Waals surface area contributed by atoms with Crippen molar-refractivity contribution < 1.29 is 8.78 Å². The van der Waals surface area contributed by atoms with Gasteiger partial charge in [0.25, 0.3) is 0 Å². The monoisotopic (exact) mass is 208 g/mol. The predicted molar refractivity (Wildman–Crippen MR) is 54.5 cm³/mol. The van der Waals surface area contributed by atoms with Crippen LogP contribution in [0.1, 0.15) is 5.69 Å². The quantitative estimate of drug-likeness (QED) is 0.797. The molecular weight excluding hydrogens is 198 g/mol. The molecule has 2 nitrogen and oxygen atoms in total. The van der Waals surface area contributed by atoms with E-state index in [1.54, 1.807) is 6.20 Å². The second-order valence-electron chi connectivity index (χ2n) is 3.17. The minimum Gasteiger partial charge on any atom is -0.377 e. The third-order valence-electron chi connectivity index (χ3n) is 2.06. The third kappa shape index (κ3) is 2.34. The SMILES string of the molecule is Fc1ccc(F)c(NCc2ccc[nH]2)c1. The molecule has 0 atom stereocenters. The van der Waals surface area contributed by atoms with Crippen LogP contribution in [0.4, 0.5) is 14.5 Å². The first kappa shape index (κ1) is 9.71. The van der Waals surface area contributed by atoms with Gasteiger partial charge < -0.3 is 10.3 Å². The average molecular weight is 208 g/mol. The van der Waals surface area contributed by atoms with Gasteiger partial charge in [-0.25, -0.2) is 8.78 Å². The van der Waals surface area contributed by atoms with E-state index in [-0.39, 0.29) is 5.69 Å². The molecule has 15 heavy (non-hydrogen) atoms. The van der Waals surface area contributed by atoms with Crippen molar-refractivity contribution in [3.63, 3.8) is 0 Å². The minimum atomic E-state index is -0.456. The van der Waals surface area contributed by atoms with Gasteiger partial charge in [-0.2, -0.15) is 0 Å². The van der Waals surface area contributed by atoms with Crippen LogP contribution in [-0.4, -0.2) is 4.98 Å². The highest BCUT2D eigenvalue weighted by molar-refractivity contribution is 5.45. The average Bonchev–Trinajstić information content (AvgIpc) is 2.72. The number of benzene rings is 1. The molecule has 2 N–H and O–H groups in total. The first-order valence-corrected chi connectivity index (χ1v) is 4.57. The fourth-order valence-electron chi connectivity index (χ4n) is 1.30. The smallest absolute Gasteiger partial charge is 0.146 e. The molecular formula is C11H10F2N2. The summed E-state index contributed by atoms with van der Waals surface area (Å²) in [6.07, 6.45) is 1.78. The fraction of sp³-hybridized carbons (Fsp3) is 0.0909. The van der Waals surface area contributed by atoms with Gasteiger partial charge in [-0.05, 0) is 30.3 Å². The highest BCUT2D eigenvalue weighted by Gasteiger charge is 2.03. The van der Waals surface area contributed by atoms with Crippen LogP contribution in [-0.2, 0) is 6.54 Å². The second-order valence-corrected chi connectivity index (χ2v) is 3.17. The zero-order valence-electron chi connectivity index (χ0n) is 7.93. The summed E-state index contributed by atoms with van der Waals surface area (Å²) in [5.74, 6) is -0.909. The molecule has 0 aliphatic carbocycles. The van der Waals surface area contributed by atoms with Gasteiger partial charge >= 0.3 is 0 Å². The summed E-state index contributed by atoms with van der Waals surface area (Å²) in [4.78, 5) is 2.96. The molecule has 0 radical (unpaired) electrons. The van der Waals surface area contributed by atoms with Crippen LogP contribution in [0.5, 0.6) is 0 Å². The molecule has 0 amide bonds. The maximum Gasteiger partial charge on any atom is 0.146 e. The number of H-pyrrole nitrogens is 1. The summed E-state index contributed by atoms with van der Waals surface area (Å²) >= 11 is 0. The molecule has 0 saturated heterocycles. The lowest BCUT2D eigenvalue weighted by Gasteiger charge is -2.06. The number of halogens is 2. The van der Waals surface area contributed by atoms with Crippen molar-refractivity contribution in [3.8, 4) is 0 Å². The first-order chi connectivity index (χ1) is 7.25. The summed E-state index contributed by atoms with van der Waals surface area (Å²) in [7, 11) is 0. The molecule has 4 heteroatoms. The van der Waals surface area contributed by atoms with E-state index in [9.17, 15) is 8.78 Å². The Morgan fingerprint density at radius 1 is 1.20 bits per heavy atom. The molecule has 0 spiro atoms. The zero-order chi connectivity index (χ0) is 10.7. The largest absolute Gasteiger partial charge is 0.377 e.